The van der Waals surface area contributed by atoms with E-state index in [-0.39, 0.29) is 0 Å². The fourth-order valence-corrected chi connectivity index (χ4v) is 2.79. The van der Waals surface area contributed by atoms with Gasteiger partial charge < -0.3 is 10.0 Å². The molecule has 116 valence electrons. The molecule has 0 atom stereocenters. The molecule has 0 spiro atoms. The number of hydrogen-bond donors (Lipinski definition) is 1. The SMILES string of the molecule is CN(C)CCN(CC1=C(O)CCCC1)Cc1ccccc1. The molecule has 1 aliphatic rings. The van der Waals surface area contributed by atoms with E-state index in [9.17, 15) is 5.11 Å². The van der Waals surface area contributed by atoms with Crippen LogP contribution in [0.3, 0.4) is 0 Å². The molecule has 1 aromatic carbocycles. The van der Waals surface area contributed by atoms with Crippen LogP contribution in [0.5, 0.6) is 0 Å². The summed E-state index contributed by atoms with van der Waals surface area (Å²) in [5, 5.41) is 10.1. The van der Waals surface area contributed by atoms with Crippen molar-refractivity contribution in [2.75, 3.05) is 33.7 Å². The van der Waals surface area contributed by atoms with Gasteiger partial charge in [0.1, 0.15) is 0 Å². The molecule has 1 aromatic rings. The van der Waals surface area contributed by atoms with Crippen LogP contribution in [0.25, 0.3) is 0 Å². The second-order valence-electron chi connectivity index (χ2n) is 6.26. The van der Waals surface area contributed by atoms with Crippen LogP contribution >= 0.6 is 0 Å². The Morgan fingerprint density at radius 3 is 2.33 bits per heavy atom. The summed E-state index contributed by atoms with van der Waals surface area (Å²) < 4.78 is 0. The molecule has 0 amide bonds. The molecule has 2 rings (SSSR count). The lowest BCUT2D eigenvalue weighted by Gasteiger charge is -2.27. The van der Waals surface area contributed by atoms with E-state index in [1.165, 1.54) is 17.6 Å². The van der Waals surface area contributed by atoms with Gasteiger partial charge in [-0.05, 0) is 44.5 Å². The predicted molar refractivity (Wildman–Crippen MR) is 88.4 cm³/mol. The van der Waals surface area contributed by atoms with Crippen molar-refractivity contribution in [2.24, 2.45) is 0 Å². The highest BCUT2D eigenvalue weighted by molar-refractivity contribution is 5.16. The molecule has 0 saturated heterocycles. The summed E-state index contributed by atoms with van der Waals surface area (Å²) in [7, 11) is 4.22. The largest absolute Gasteiger partial charge is 0.512 e. The molecule has 0 fully saturated rings. The van der Waals surface area contributed by atoms with Gasteiger partial charge in [0.15, 0.2) is 0 Å². The molecule has 1 aliphatic carbocycles. The summed E-state index contributed by atoms with van der Waals surface area (Å²) in [6, 6.07) is 10.6. The van der Waals surface area contributed by atoms with E-state index in [1.54, 1.807) is 0 Å². The van der Waals surface area contributed by atoms with Crippen molar-refractivity contribution in [3.63, 3.8) is 0 Å². The van der Waals surface area contributed by atoms with Gasteiger partial charge in [-0.15, -0.1) is 0 Å². The number of nitrogens with zero attached hydrogens (tertiary/aromatic N) is 2. The molecule has 3 heteroatoms. The molecule has 21 heavy (non-hydrogen) atoms. The first-order valence-corrected chi connectivity index (χ1v) is 7.96. The van der Waals surface area contributed by atoms with Crippen molar-refractivity contribution in [3.8, 4) is 0 Å². The second-order valence-corrected chi connectivity index (χ2v) is 6.26. The Morgan fingerprint density at radius 1 is 0.952 bits per heavy atom. The van der Waals surface area contributed by atoms with E-state index in [0.717, 1.165) is 45.4 Å². The number of benzene rings is 1. The van der Waals surface area contributed by atoms with E-state index in [4.69, 9.17) is 0 Å². The lowest BCUT2D eigenvalue weighted by Crippen LogP contribution is -2.33. The first-order valence-electron chi connectivity index (χ1n) is 7.96. The van der Waals surface area contributed by atoms with Gasteiger partial charge in [-0.3, -0.25) is 4.90 Å². The zero-order valence-electron chi connectivity index (χ0n) is 13.4. The maximum Gasteiger partial charge on any atom is 0.0927 e. The number of allylic oxidation sites excluding steroid dienone is 1. The van der Waals surface area contributed by atoms with E-state index < -0.39 is 0 Å². The van der Waals surface area contributed by atoms with Gasteiger partial charge in [-0.2, -0.15) is 0 Å². The normalized spacial score (nSPS) is 16.0. The molecule has 0 aromatic heterocycles. The van der Waals surface area contributed by atoms with E-state index in [0.29, 0.717) is 5.76 Å². The summed E-state index contributed by atoms with van der Waals surface area (Å²) in [4.78, 5) is 4.67. The summed E-state index contributed by atoms with van der Waals surface area (Å²) in [6.07, 6.45) is 4.26. The van der Waals surface area contributed by atoms with Crippen LogP contribution in [0.2, 0.25) is 0 Å². The Bertz CT molecular complexity index is 454. The van der Waals surface area contributed by atoms with Crippen LogP contribution in [-0.2, 0) is 6.54 Å². The van der Waals surface area contributed by atoms with Crippen LogP contribution in [0.4, 0.5) is 0 Å². The Hall–Kier alpha value is -1.32. The Kier molecular flexibility index (Phi) is 6.27. The second kappa shape index (κ2) is 8.20. The maximum atomic E-state index is 10.1. The smallest absolute Gasteiger partial charge is 0.0927 e. The molecule has 0 radical (unpaired) electrons. The standard InChI is InChI=1S/C18H28N2O/c1-19(2)12-13-20(14-16-8-4-3-5-9-16)15-17-10-6-7-11-18(17)21/h3-5,8-9,21H,6-7,10-15H2,1-2H3. The Labute approximate surface area is 128 Å². The zero-order valence-corrected chi connectivity index (χ0v) is 13.4. The summed E-state index contributed by atoms with van der Waals surface area (Å²) in [6.45, 7) is 3.92. The highest BCUT2D eigenvalue weighted by Crippen LogP contribution is 2.24. The molecule has 0 bridgehead atoms. The van der Waals surface area contributed by atoms with Gasteiger partial charge in [-0.1, -0.05) is 30.3 Å². The molecular formula is C18H28N2O. The summed E-state index contributed by atoms with van der Waals surface area (Å²) in [5.41, 5.74) is 2.59. The third-order valence-electron chi connectivity index (χ3n) is 4.08. The van der Waals surface area contributed by atoms with Crippen molar-refractivity contribution >= 4 is 0 Å². The minimum Gasteiger partial charge on any atom is -0.512 e. The monoisotopic (exact) mass is 288 g/mol. The number of hydrogen-bond acceptors (Lipinski definition) is 3. The van der Waals surface area contributed by atoms with Crippen LogP contribution < -0.4 is 0 Å². The summed E-state index contributed by atoms with van der Waals surface area (Å²) >= 11 is 0. The first-order chi connectivity index (χ1) is 10.1. The van der Waals surface area contributed by atoms with Crippen LogP contribution in [0, 0.1) is 0 Å². The van der Waals surface area contributed by atoms with Crippen molar-refractivity contribution in [3.05, 3.63) is 47.2 Å². The van der Waals surface area contributed by atoms with Crippen molar-refractivity contribution in [2.45, 2.75) is 32.2 Å². The van der Waals surface area contributed by atoms with E-state index >= 15 is 0 Å². The fourth-order valence-electron chi connectivity index (χ4n) is 2.79. The summed E-state index contributed by atoms with van der Waals surface area (Å²) in [5.74, 6) is 0.643. The molecule has 0 saturated carbocycles. The maximum absolute atomic E-state index is 10.1. The lowest BCUT2D eigenvalue weighted by molar-refractivity contribution is 0.239. The van der Waals surface area contributed by atoms with Crippen LogP contribution in [0.1, 0.15) is 31.2 Å². The van der Waals surface area contributed by atoms with Crippen molar-refractivity contribution < 1.29 is 5.11 Å². The molecule has 0 unspecified atom stereocenters. The van der Waals surface area contributed by atoms with Gasteiger partial charge in [0.25, 0.3) is 0 Å². The third-order valence-corrected chi connectivity index (χ3v) is 4.08. The minimum atomic E-state index is 0.643. The molecule has 1 N–H and O–H groups in total. The van der Waals surface area contributed by atoms with Gasteiger partial charge in [-0.25, -0.2) is 0 Å². The van der Waals surface area contributed by atoms with E-state index in [2.05, 4.69) is 54.2 Å². The third kappa shape index (κ3) is 5.52. The van der Waals surface area contributed by atoms with Gasteiger partial charge in [0.2, 0.25) is 0 Å². The molecule has 0 heterocycles. The van der Waals surface area contributed by atoms with Gasteiger partial charge in [0.05, 0.1) is 5.76 Å². The highest BCUT2D eigenvalue weighted by atomic mass is 16.3. The van der Waals surface area contributed by atoms with Gasteiger partial charge in [0, 0.05) is 32.6 Å². The molecule has 0 aliphatic heterocycles. The Morgan fingerprint density at radius 2 is 1.67 bits per heavy atom. The average molecular weight is 288 g/mol. The predicted octanol–water partition coefficient (Wildman–Crippen LogP) is 3.44. The van der Waals surface area contributed by atoms with Crippen molar-refractivity contribution in [1.29, 1.82) is 0 Å². The molecule has 3 nitrogen and oxygen atoms in total. The lowest BCUT2D eigenvalue weighted by atomic mass is 9.97. The first kappa shape index (κ1) is 16.1. The topological polar surface area (TPSA) is 26.7 Å². The number of aliphatic hydroxyl groups excluding tert-OH is 1. The molecular weight excluding hydrogens is 260 g/mol. The number of rotatable bonds is 7. The van der Waals surface area contributed by atoms with E-state index in [1.807, 2.05) is 0 Å². The zero-order chi connectivity index (χ0) is 15.1. The van der Waals surface area contributed by atoms with Crippen LogP contribution in [-0.4, -0.2) is 48.6 Å². The minimum absolute atomic E-state index is 0.643. The van der Waals surface area contributed by atoms with Gasteiger partial charge >= 0.3 is 0 Å². The number of likely N-dealkylation sites (N-methyl/N-ethyl adjacent to an activating group) is 1. The number of aliphatic hydroxyl groups is 1. The highest BCUT2D eigenvalue weighted by Gasteiger charge is 2.15. The van der Waals surface area contributed by atoms with Crippen molar-refractivity contribution in [1.82, 2.24) is 9.80 Å². The fraction of sp³-hybridized carbons (Fsp3) is 0.556. The Balaban J connectivity index is 2.01. The average Bonchev–Trinajstić information content (AvgIpc) is 2.48. The van der Waals surface area contributed by atoms with Crippen LogP contribution in [0.15, 0.2) is 41.7 Å². The quantitative estimate of drug-likeness (QED) is 0.832.